The molecule has 0 radical (unpaired) electrons. The predicted molar refractivity (Wildman–Crippen MR) is 70.3 cm³/mol. The van der Waals surface area contributed by atoms with Gasteiger partial charge in [-0.1, -0.05) is 12.1 Å². The Labute approximate surface area is 105 Å². The maximum absolute atomic E-state index is 10.4. The molecule has 1 heterocycles. The van der Waals surface area contributed by atoms with Crippen molar-refractivity contribution in [2.45, 2.75) is 25.4 Å². The molecule has 0 saturated heterocycles. The quantitative estimate of drug-likeness (QED) is 0.871. The molecule has 0 spiro atoms. The fourth-order valence-corrected chi connectivity index (χ4v) is 2.49. The molecule has 2 aromatic rings. The van der Waals surface area contributed by atoms with E-state index in [4.69, 9.17) is 0 Å². The number of aromatic hydroxyl groups is 1. The second-order valence-electron chi connectivity index (χ2n) is 4.45. The summed E-state index contributed by atoms with van der Waals surface area (Å²) in [4.78, 5) is 0. The SMILES string of the molecule is CC(O)(CCc1ccsc1)c1ccc(O)cc1. The summed E-state index contributed by atoms with van der Waals surface area (Å²) in [5.74, 6) is 0.224. The molecule has 1 unspecified atom stereocenters. The van der Waals surface area contributed by atoms with Crippen LogP contribution < -0.4 is 0 Å². The Morgan fingerprint density at radius 3 is 2.47 bits per heavy atom. The van der Waals surface area contributed by atoms with Crippen LogP contribution in [0.2, 0.25) is 0 Å². The van der Waals surface area contributed by atoms with Crippen molar-refractivity contribution in [3.8, 4) is 5.75 Å². The van der Waals surface area contributed by atoms with E-state index in [1.54, 1.807) is 35.6 Å². The number of phenolic OH excluding ortho intramolecular Hbond substituents is 1. The van der Waals surface area contributed by atoms with E-state index >= 15 is 0 Å². The van der Waals surface area contributed by atoms with Crippen LogP contribution >= 0.6 is 11.3 Å². The zero-order valence-corrected chi connectivity index (χ0v) is 10.6. The van der Waals surface area contributed by atoms with Crippen LogP contribution in [0.5, 0.6) is 5.75 Å². The first-order chi connectivity index (χ1) is 8.08. The number of phenols is 1. The lowest BCUT2D eigenvalue weighted by Crippen LogP contribution is -2.21. The third-order valence-corrected chi connectivity index (χ3v) is 3.70. The average Bonchev–Trinajstić information content (AvgIpc) is 2.80. The van der Waals surface area contributed by atoms with Gasteiger partial charge in [-0.05, 0) is 59.9 Å². The summed E-state index contributed by atoms with van der Waals surface area (Å²) in [5, 5.41) is 23.8. The van der Waals surface area contributed by atoms with E-state index in [0.717, 1.165) is 12.0 Å². The molecular formula is C14H16O2S. The van der Waals surface area contributed by atoms with Crippen LogP contribution in [-0.2, 0) is 12.0 Å². The van der Waals surface area contributed by atoms with Gasteiger partial charge in [0.15, 0.2) is 0 Å². The Morgan fingerprint density at radius 1 is 1.18 bits per heavy atom. The summed E-state index contributed by atoms with van der Waals surface area (Å²) in [7, 11) is 0. The van der Waals surface area contributed by atoms with Gasteiger partial charge in [-0.25, -0.2) is 0 Å². The molecule has 1 atom stereocenters. The lowest BCUT2D eigenvalue weighted by Gasteiger charge is -2.23. The Balaban J connectivity index is 2.05. The van der Waals surface area contributed by atoms with Crippen molar-refractivity contribution in [2.24, 2.45) is 0 Å². The summed E-state index contributed by atoms with van der Waals surface area (Å²) < 4.78 is 0. The first kappa shape index (κ1) is 12.1. The monoisotopic (exact) mass is 248 g/mol. The topological polar surface area (TPSA) is 40.5 Å². The number of aryl methyl sites for hydroxylation is 1. The number of aliphatic hydroxyl groups is 1. The molecule has 0 fully saturated rings. The lowest BCUT2D eigenvalue weighted by molar-refractivity contribution is 0.0480. The Hall–Kier alpha value is -1.32. The van der Waals surface area contributed by atoms with E-state index < -0.39 is 5.60 Å². The number of benzene rings is 1. The third-order valence-electron chi connectivity index (χ3n) is 2.97. The molecule has 0 bridgehead atoms. The average molecular weight is 248 g/mol. The molecule has 0 aliphatic carbocycles. The minimum atomic E-state index is -0.852. The van der Waals surface area contributed by atoms with Gasteiger partial charge in [-0.15, -0.1) is 0 Å². The Morgan fingerprint density at radius 2 is 1.88 bits per heavy atom. The van der Waals surface area contributed by atoms with Gasteiger partial charge in [0.05, 0.1) is 5.60 Å². The molecule has 0 saturated carbocycles. The zero-order valence-electron chi connectivity index (χ0n) is 9.76. The maximum atomic E-state index is 10.4. The van der Waals surface area contributed by atoms with Crippen LogP contribution in [0.15, 0.2) is 41.1 Å². The summed E-state index contributed by atoms with van der Waals surface area (Å²) in [6.07, 6.45) is 1.53. The van der Waals surface area contributed by atoms with Crippen molar-refractivity contribution in [3.63, 3.8) is 0 Å². The normalized spacial score (nSPS) is 14.5. The molecule has 2 N–H and O–H groups in total. The third kappa shape index (κ3) is 3.08. The van der Waals surface area contributed by atoms with Gasteiger partial charge in [0.25, 0.3) is 0 Å². The van der Waals surface area contributed by atoms with Crippen molar-refractivity contribution < 1.29 is 10.2 Å². The van der Waals surface area contributed by atoms with Crippen molar-refractivity contribution in [1.29, 1.82) is 0 Å². The van der Waals surface area contributed by atoms with E-state index in [0.29, 0.717) is 6.42 Å². The van der Waals surface area contributed by atoms with Gasteiger partial charge >= 0.3 is 0 Å². The highest BCUT2D eigenvalue weighted by atomic mass is 32.1. The molecular weight excluding hydrogens is 232 g/mol. The lowest BCUT2D eigenvalue weighted by atomic mass is 9.90. The first-order valence-corrected chi connectivity index (χ1v) is 6.55. The van der Waals surface area contributed by atoms with E-state index in [-0.39, 0.29) is 5.75 Å². The second-order valence-corrected chi connectivity index (χ2v) is 5.23. The predicted octanol–water partition coefficient (Wildman–Crippen LogP) is 3.29. The fraction of sp³-hybridized carbons (Fsp3) is 0.286. The van der Waals surface area contributed by atoms with Crippen molar-refractivity contribution >= 4 is 11.3 Å². The molecule has 0 aliphatic heterocycles. The van der Waals surface area contributed by atoms with Crippen molar-refractivity contribution in [2.75, 3.05) is 0 Å². The van der Waals surface area contributed by atoms with E-state index in [1.807, 2.05) is 12.3 Å². The number of hydrogen-bond acceptors (Lipinski definition) is 3. The zero-order chi connectivity index (χ0) is 12.3. The molecule has 90 valence electrons. The smallest absolute Gasteiger partial charge is 0.115 e. The second kappa shape index (κ2) is 4.90. The number of hydrogen-bond donors (Lipinski definition) is 2. The highest BCUT2D eigenvalue weighted by molar-refractivity contribution is 7.07. The van der Waals surface area contributed by atoms with Crippen LogP contribution in [0.1, 0.15) is 24.5 Å². The van der Waals surface area contributed by atoms with Gasteiger partial charge in [0, 0.05) is 0 Å². The van der Waals surface area contributed by atoms with Gasteiger partial charge in [0.2, 0.25) is 0 Å². The van der Waals surface area contributed by atoms with Gasteiger partial charge < -0.3 is 10.2 Å². The van der Waals surface area contributed by atoms with Crippen molar-refractivity contribution in [3.05, 3.63) is 52.2 Å². The van der Waals surface area contributed by atoms with Gasteiger partial charge in [0.1, 0.15) is 5.75 Å². The standard InChI is InChI=1S/C14H16O2S/c1-14(16,8-6-11-7-9-17-10-11)12-2-4-13(15)5-3-12/h2-5,7,9-10,15-16H,6,8H2,1H3. The number of thiophene rings is 1. The first-order valence-electron chi connectivity index (χ1n) is 5.61. The largest absolute Gasteiger partial charge is 0.508 e. The summed E-state index contributed by atoms with van der Waals surface area (Å²) in [5.41, 5.74) is 1.25. The number of rotatable bonds is 4. The summed E-state index contributed by atoms with van der Waals surface area (Å²) in [6, 6.07) is 8.83. The van der Waals surface area contributed by atoms with Gasteiger partial charge in [-0.2, -0.15) is 11.3 Å². The van der Waals surface area contributed by atoms with Crippen molar-refractivity contribution in [1.82, 2.24) is 0 Å². The highest BCUT2D eigenvalue weighted by Crippen LogP contribution is 2.27. The minimum absolute atomic E-state index is 0.224. The summed E-state index contributed by atoms with van der Waals surface area (Å²) in [6.45, 7) is 1.81. The fourth-order valence-electron chi connectivity index (χ4n) is 1.79. The molecule has 1 aromatic carbocycles. The maximum Gasteiger partial charge on any atom is 0.115 e. The molecule has 1 aromatic heterocycles. The van der Waals surface area contributed by atoms with Crippen LogP contribution in [0.4, 0.5) is 0 Å². The highest BCUT2D eigenvalue weighted by Gasteiger charge is 2.22. The molecule has 2 rings (SSSR count). The van der Waals surface area contributed by atoms with Crippen LogP contribution in [0.3, 0.4) is 0 Å². The van der Waals surface area contributed by atoms with Crippen LogP contribution in [0, 0.1) is 0 Å². The molecule has 0 amide bonds. The molecule has 17 heavy (non-hydrogen) atoms. The van der Waals surface area contributed by atoms with Crippen LogP contribution in [-0.4, -0.2) is 10.2 Å². The van der Waals surface area contributed by atoms with E-state index in [1.165, 1.54) is 5.56 Å². The van der Waals surface area contributed by atoms with Crippen LogP contribution in [0.25, 0.3) is 0 Å². The van der Waals surface area contributed by atoms with Gasteiger partial charge in [-0.3, -0.25) is 0 Å². The minimum Gasteiger partial charge on any atom is -0.508 e. The molecule has 2 nitrogen and oxygen atoms in total. The molecule has 3 heteroatoms. The summed E-state index contributed by atoms with van der Waals surface area (Å²) >= 11 is 1.67. The Bertz CT molecular complexity index is 457. The molecule has 0 aliphatic rings. The van der Waals surface area contributed by atoms with E-state index in [2.05, 4.69) is 11.4 Å². The van der Waals surface area contributed by atoms with E-state index in [9.17, 15) is 10.2 Å². The Kier molecular flexibility index (Phi) is 3.50.